The Labute approximate surface area is 165 Å². The fourth-order valence-electron chi connectivity index (χ4n) is 4.45. The maximum atomic E-state index is 4.78. The van der Waals surface area contributed by atoms with Crippen molar-refractivity contribution in [3.8, 4) is 0 Å². The summed E-state index contributed by atoms with van der Waals surface area (Å²) in [7, 11) is 0. The molecule has 2 unspecified atom stereocenters. The third-order valence-corrected chi connectivity index (χ3v) is 5.44. The van der Waals surface area contributed by atoms with Crippen molar-refractivity contribution in [3.63, 3.8) is 0 Å². The second-order valence-corrected chi connectivity index (χ2v) is 8.84. The fourth-order valence-corrected chi connectivity index (χ4v) is 4.45. The summed E-state index contributed by atoms with van der Waals surface area (Å²) >= 11 is 0. The summed E-state index contributed by atoms with van der Waals surface area (Å²) in [5.41, 5.74) is 0. The van der Waals surface area contributed by atoms with E-state index >= 15 is 0 Å². The lowest BCUT2D eigenvalue weighted by molar-refractivity contribution is 0.391. The van der Waals surface area contributed by atoms with Gasteiger partial charge in [-0.15, -0.1) is 0 Å². The smallest absolute Gasteiger partial charge is 0.134 e. The fraction of sp³-hybridized carbons (Fsp3) is 0.810. The number of nitrogens with one attached hydrogen (secondary N) is 2. The third-order valence-electron chi connectivity index (χ3n) is 5.44. The summed E-state index contributed by atoms with van der Waals surface area (Å²) in [6, 6.07) is 4.36. The number of aromatic nitrogens is 2. The van der Waals surface area contributed by atoms with Gasteiger partial charge >= 0.3 is 0 Å². The highest BCUT2D eigenvalue weighted by molar-refractivity contribution is 5.52. The average molecular weight is 375 g/mol. The van der Waals surface area contributed by atoms with Crippen LogP contribution < -0.4 is 20.4 Å². The molecule has 2 N–H and O–H groups in total. The lowest BCUT2D eigenvalue weighted by Gasteiger charge is -2.37. The highest BCUT2D eigenvalue weighted by atomic mass is 15.3. The molecular weight excluding hydrogens is 336 g/mol. The van der Waals surface area contributed by atoms with Gasteiger partial charge in [-0.05, 0) is 32.6 Å². The molecule has 0 bridgehead atoms. The SMILES string of the molecule is Cc1nc(N2CCCC(NC(C)C)C2)cc(N2CCCC(NC(C)C)C2)n1. The molecule has 0 aromatic carbocycles. The highest BCUT2D eigenvalue weighted by Gasteiger charge is 2.25. The second-order valence-electron chi connectivity index (χ2n) is 8.84. The number of piperidine rings is 2. The van der Waals surface area contributed by atoms with Crippen LogP contribution in [0.4, 0.5) is 11.6 Å². The van der Waals surface area contributed by atoms with Crippen molar-refractivity contribution in [1.29, 1.82) is 0 Å². The van der Waals surface area contributed by atoms with E-state index in [4.69, 9.17) is 9.97 Å². The van der Waals surface area contributed by atoms with Gasteiger partial charge in [-0.3, -0.25) is 0 Å². The largest absolute Gasteiger partial charge is 0.355 e. The molecule has 152 valence electrons. The first-order chi connectivity index (χ1) is 12.9. The molecule has 0 radical (unpaired) electrons. The molecule has 0 spiro atoms. The summed E-state index contributed by atoms with van der Waals surface area (Å²) in [5.74, 6) is 3.05. The van der Waals surface area contributed by atoms with E-state index in [0.717, 1.165) is 43.6 Å². The number of anilines is 2. The molecule has 0 saturated carbocycles. The molecule has 1 aromatic heterocycles. The maximum Gasteiger partial charge on any atom is 0.134 e. The van der Waals surface area contributed by atoms with E-state index in [2.05, 4.69) is 54.2 Å². The standard InChI is InChI=1S/C21H38N6/c1-15(2)22-18-8-6-10-26(13-18)20-12-21(25-17(5)24-20)27-11-7-9-19(14-27)23-16(3)4/h12,15-16,18-19,22-23H,6-11,13-14H2,1-5H3. The Balaban J connectivity index is 1.72. The predicted molar refractivity (Wildman–Crippen MR) is 114 cm³/mol. The van der Waals surface area contributed by atoms with Crippen LogP contribution in [-0.4, -0.2) is 60.3 Å². The lowest BCUT2D eigenvalue weighted by Crippen LogP contribution is -2.49. The van der Waals surface area contributed by atoms with Crippen LogP contribution in [0.1, 0.15) is 59.2 Å². The number of hydrogen-bond acceptors (Lipinski definition) is 6. The van der Waals surface area contributed by atoms with Crippen molar-refractivity contribution in [1.82, 2.24) is 20.6 Å². The molecule has 6 heteroatoms. The van der Waals surface area contributed by atoms with Crippen LogP contribution in [-0.2, 0) is 0 Å². The van der Waals surface area contributed by atoms with Gasteiger partial charge in [0.25, 0.3) is 0 Å². The van der Waals surface area contributed by atoms with Crippen molar-refractivity contribution in [2.45, 2.75) is 84.5 Å². The highest BCUT2D eigenvalue weighted by Crippen LogP contribution is 2.25. The Morgan fingerprint density at radius 1 is 0.852 bits per heavy atom. The quantitative estimate of drug-likeness (QED) is 0.798. The van der Waals surface area contributed by atoms with Crippen LogP contribution in [0.5, 0.6) is 0 Å². The van der Waals surface area contributed by atoms with Gasteiger partial charge in [-0.1, -0.05) is 27.7 Å². The Morgan fingerprint density at radius 3 is 1.70 bits per heavy atom. The minimum atomic E-state index is 0.524. The van der Waals surface area contributed by atoms with Crippen molar-refractivity contribution >= 4 is 11.6 Å². The first-order valence-corrected chi connectivity index (χ1v) is 10.8. The zero-order valence-corrected chi connectivity index (χ0v) is 17.8. The maximum absolute atomic E-state index is 4.78. The predicted octanol–water partition coefficient (Wildman–Crippen LogP) is 2.72. The van der Waals surface area contributed by atoms with Gasteiger partial charge in [0.05, 0.1) is 0 Å². The zero-order chi connectivity index (χ0) is 19.4. The van der Waals surface area contributed by atoms with Gasteiger partial charge in [0, 0.05) is 56.4 Å². The molecule has 0 amide bonds. The number of nitrogens with zero attached hydrogens (tertiary/aromatic N) is 4. The molecule has 3 heterocycles. The monoisotopic (exact) mass is 374 g/mol. The molecule has 6 nitrogen and oxygen atoms in total. The average Bonchev–Trinajstić information content (AvgIpc) is 2.60. The molecule has 2 atom stereocenters. The van der Waals surface area contributed by atoms with E-state index < -0.39 is 0 Å². The van der Waals surface area contributed by atoms with Gasteiger partial charge in [0.2, 0.25) is 0 Å². The summed E-state index contributed by atoms with van der Waals surface area (Å²) in [6.45, 7) is 15.2. The molecule has 2 saturated heterocycles. The van der Waals surface area contributed by atoms with Gasteiger partial charge < -0.3 is 20.4 Å². The lowest BCUT2D eigenvalue weighted by atomic mass is 10.0. The Kier molecular flexibility index (Phi) is 6.93. The van der Waals surface area contributed by atoms with E-state index in [1.165, 1.54) is 25.7 Å². The van der Waals surface area contributed by atoms with Crippen LogP contribution in [0.2, 0.25) is 0 Å². The molecule has 1 aromatic rings. The van der Waals surface area contributed by atoms with Crippen LogP contribution in [0, 0.1) is 6.92 Å². The van der Waals surface area contributed by atoms with E-state index in [9.17, 15) is 0 Å². The molecule has 27 heavy (non-hydrogen) atoms. The van der Waals surface area contributed by atoms with Gasteiger partial charge in [0.15, 0.2) is 0 Å². The first kappa shape index (κ1) is 20.3. The first-order valence-electron chi connectivity index (χ1n) is 10.8. The normalized spacial score (nSPS) is 24.1. The van der Waals surface area contributed by atoms with E-state index in [-0.39, 0.29) is 0 Å². The summed E-state index contributed by atoms with van der Waals surface area (Å²) in [5, 5.41) is 7.39. The van der Waals surface area contributed by atoms with Crippen LogP contribution >= 0.6 is 0 Å². The molecule has 3 rings (SSSR count). The molecule has 2 aliphatic heterocycles. The van der Waals surface area contributed by atoms with Gasteiger partial charge in [-0.2, -0.15) is 0 Å². The summed E-state index contributed by atoms with van der Waals surface area (Å²) < 4.78 is 0. The van der Waals surface area contributed by atoms with Crippen molar-refractivity contribution in [2.75, 3.05) is 36.0 Å². The van der Waals surface area contributed by atoms with E-state index in [0.29, 0.717) is 24.2 Å². The van der Waals surface area contributed by atoms with E-state index in [1.807, 2.05) is 6.92 Å². The third kappa shape index (κ3) is 5.79. The molecule has 2 aliphatic rings. The Morgan fingerprint density at radius 2 is 1.30 bits per heavy atom. The van der Waals surface area contributed by atoms with E-state index in [1.54, 1.807) is 0 Å². The minimum Gasteiger partial charge on any atom is -0.355 e. The van der Waals surface area contributed by atoms with Crippen LogP contribution in [0.25, 0.3) is 0 Å². The second kappa shape index (κ2) is 9.20. The van der Waals surface area contributed by atoms with Crippen molar-refractivity contribution in [3.05, 3.63) is 11.9 Å². The molecule has 0 aliphatic carbocycles. The van der Waals surface area contributed by atoms with Crippen LogP contribution in [0.15, 0.2) is 6.07 Å². The Bertz CT molecular complexity index is 554. The topological polar surface area (TPSA) is 56.3 Å². The number of rotatable bonds is 6. The summed E-state index contributed by atoms with van der Waals surface area (Å²) in [6.07, 6.45) is 4.93. The van der Waals surface area contributed by atoms with Gasteiger partial charge in [-0.25, -0.2) is 9.97 Å². The van der Waals surface area contributed by atoms with Crippen molar-refractivity contribution in [2.24, 2.45) is 0 Å². The Hall–Kier alpha value is -1.40. The van der Waals surface area contributed by atoms with Gasteiger partial charge in [0.1, 0.15) is 17.5 Å². The van der Waals surface area contributed by atoms with Crippen molar-refractivity contribution < 1.29 is 0 Å². The molecule has 2 fully saturated rings. The summed E-state index contributed by atoms with van der Waals surface area (Å²) in [4.78, 5) is 14.4. The minimum absolute atomic E-state index is 0.524. The number of hydrogen-bond donors (Lipinski definition) is 2. The number of aryl methyl sites for hydroxylation is 1. The van der Waals surface area contributed by atoms with Crippen LogP contribution in [0.3, 0.4) is 0 Å². The molecular formula is C21H38N6. The zero-order valence-electron chi connectivity index (χ0n) is 17.8.